The van der Waals surface area contributed by atoms with Crippen LogP contribution in [0.25, 0.3) is 0 Å². The fraction of sp³-hybridized carbons (Fsp3) is 0.417. The van der Waals surface area contributed by atoms with Gasteiger partial charge in [-0.2, -0.15) is 13.2 Å². The van der Waals surface area contributed by atoms with Crippen molar-refractivity contribution in [2.45, 2.75) is 25.6 Å². The van der Waals surface area contributed by atoms with Gasteiger partial charge >= 0.3 is 12.1 Å². The number of rotatable bonds is 4. The van der Waals surface area contributed by atoms with Gasteiger partial charge < -0.3 is 10.1 Å². The van der Waals surface area contributed by atoms with Crippen molar-refractivity contribution in [2.75, 3.05) is 11.9 Å². The number of ether oxygens (including phenoxy) is 1. The van der Waals surface area contributed by atoms with Crippen LogP contribution < -0.4 is 5.32 Å². The summed E-state index contributed by atoms with van der Waals surface area (Å²) in [6.07, 6.45) is -4.80. The number of hydrogen-bond donors (Lipinski definition) is 1. The summed E-state index contributed by atoms with van der Waals surface area (Å²) >= 11 is 5.69. The van der Waals surface area contributed by atoms with Crippen molar-refractivity contribution in [3.05, 3.63) is 29.3 Å². The second-order valence-corrected chi connectivity index (χ2v) is 4.42. The molecule has 0 aromatic heterocycles. The summed E-state index contributed by atoms with van der Waals surface area (Å²) in [5, 5.41) is 2.40. The lowest BCUT2D eigenvalue weighted by Gasteiger charge is -2.31. The van der Waals surface area contributed by atoms with Gasteiger partial charge in [0, 0.05) is 10.7 Å². The molecular formula is C12H13ClF3NO2. The third kappa shape index (κ3) is 3.53. The molecule has 0 radical (unpaired) electrons. The van der Waals surface area contributed by atoms with Gasteiger partial charge in [0.2, 0.25) is 5.54 Å². The lowest BCUT2D eigenvalue weighted by molar-refractivity contribution is -0.196. The average Bonchev–Trinajstić information content (AvgIpc) is 2.27. The number of esters is 1. The van der Waals surface area contributed by atoms with Crippen LogP contribution in [0.1, 0.15) is 13.8 Å². The normalized spacial score (nSPS) is 14.6. The number of benzene rings is 1. The fourth-order valence-corrected chi connectivity index (χ4v) is 1.56. The maximum Gasteiger partial charge on any atom is 0.422 e. The molecule has 0 aliphatic heterocycles. The van der Waals surface area contributed by atoms with Crippen molar-refractivity contribution in [3.63, 3.8) is 0 Å². The SMILES string of the molecule is CCOC(=O)C(C)(Nc1cccc(Cl)c1)C(F)(F)F. The third-order valence-electron chi connectivity index (χ3n) is 2.47. The van der Waals surface area contributed by atoms with Crippen LogP contribution in [0.4, 0.5) is 18.9 Å². The predicted octanol–water partition coefficient (Wildman–Crippen LogP) is 3.64. The maximum atomic E-state index is 13.1. The van der Waals surface area contributed by atoms with Gasteiger partial charge in [0.25, 0.3) is 0 Å². The second kappa shape index (κ2) is 5.69. The summed E-state index contributed by atoms with van der Waals surface area (Å²) < 4.78 is 43.7. The molecule has 0 fully saturated rings. The zero-order chi connectivity index (χ0) is 14.7. The van der Waals surface area contributed by atoms with E-state index in [1.54, 1.807) is 0 Å². The highest BCUT2D eigenvalue weighted by atomic mass is 35.5. The molecule has 0 aliphatic carbocycles. The standard InChI is InChI=1S/C12H13ClF3NO2/c1-3-19-10(18)11(2,12(14,15)16)17-9-6-4-5-8(13)7-9/h4-7,17H,3H2,1-2H3. The smallest absolute Gasteiger partial charge is 0.422 e. The molecule has 0 aliphatic rings. The molecule has 1 N–H and O–H groups in total. The number of carbonyl (C=O) groups excluding carboxylic acids is 1. The van der Waals surface area contributed by atoms with Gasteiger partial charge in [0.15, 0.2) is 0 Å². The van der Waals surface area contributed by atoms with Gasteiger partial charge in [0.1, 0.15) is 0 Å². The van der Waals surface area contributed by atoms with Crippen LogP contribution >= 0.6 is 11.6 Å². The van der Waals surface area contributed by atoms with E-state index in [-0.39, 0.29) is 17.3 Å². The minimum absolute atomic E-state index is 0.0837. The summed E-state index contributed by atoms with van der Waals surface area (Å²) in [6.45, 7) is 2.03. The highest BCUT2D eigenvalue weighted by molar-refractivity contribution is 6.30. The van der Waals surface area contributed by atoms with E-state index in [1.807, 2.05) is 0 Å². The number of carbonyl (C=O) groups is 1. The van der Waals surface area contributed by atoms with Crippen molar-refractivity contribution in [1.29, 1.82) is 0 Å². The van der Waals surface area contributed by atoms with Crippen LogP contribution in [0.15, 0.2) is 24.3 Å². The Morgan fingerprint density at radius 2 is 2.05 bits per heavy atom. The van der Waals surface area contributed by atoms with Gasteiger partial charge in [-0.1, -0.05) is 17.7 Å². The Hall–Kier alpha value is -1.43. The Morgan fingerprint density at radius 1 is 1.42 bits per heavy atom. The van der Waals surface area contributed by atoms with E-state index in [2.05, 4.69) is 10.1 Å². The number of alkyl halides is 3. The predicted molar refractivity (Wildman–Crippen MR) is 66.2 cm³/mol. The summed E-state index contributed by atoms with van der Waals surface area (Å²) in [4.78, 5) is 11.6. The van der Waals surface area contributed by atoms with Gasteiger partial charge in [-0.05, 0) is 32.0 Å². The molecule has 1 atom stereocenters. The Balaban J connectivity index is 3.09. The molecule has 0 amide bonds. The van der Waals surface area contributed by atoms with Crippen LogP contribution in [-0.2, 0) is 9.53 Å². The zero-order valence-corrected chi connectivity index (χ0v) is 11.1. The molecule has 19 heavy (non-hydrogen) atoms. The van der Waals surface area contributed by atoms with Gasteiger partial charge in [-0.3, -0.25) is 0 Å². The molecule has 0 bridgehead atoms. The second-order valence-electron chi connectivity index (χ2n) is 3.98. The molecule has 0 saturated carbocycles. The van der Waals surface area contributed by atoms with Crippen molar-refractivity contribution in [2.24, 2.45) is 0 Å². The molecule has 1 aromatic carbocycles. The maximum absolute atomic E-state index is 13.1. The van der Waals surface area contributed by atoms with Crippen LogP contribution in [0.3, 0.4) is 0 Å². The van der Waals surface area contributed by atoms with Crippen LogP contribution in [-0.4, -0.2) is 24.3 Å². The first-order valence-corrected chi connectivity index (χ1v) is 5.86. The fourth-order valence-electron chi connectivity index (χ4n) is 1.37. The highest BCUT2D eigenvalue weighted by Gasteiger charge is 2.58. The van der Waals surface area contributed by atoms with Crippen LogP contribution in [0, 0.1) is 0 Å². The Bertz CT molecular complexity index is 465. The first kappa shape index (κ1) is 15.6. The lowest BCUT2D eigenvalue weighted by Crippen LogP contribution is -2.56. The van der Waals surface area contributed by atoms with Crippen molar-refractivity contribution in [1.82, 2.24) is 0 Å². The number of anilines is 1. The molecule has 0 saturated heterocycles. The molecule has 1 aromatic rings. The summed E-state index contributed by atoms with van der Waals surface area (Å²) in [5.41, 5.74) is -2.74. The first-order chi connectivity index (χ1) is 8.70. The van der Waals surface area contributed by atoms with Crippen LogP contribution in [0.2, 0.25) is 5.02 Å². The molecule has 7 heteroatoms. The highest BCUT2D eigenvalue weighted by Crippen LogP contribution is 2.35. The minimum atomic E-state index is -4.80. The molecule has 106 valence electrons. The Labute approximate surface area is 113 Å². The summed E-state index contributed by atoms with van der Waals surface area (Å²) in [7, 11) is 0. The quantitative estimate of drug-likeness (QED) is 0.862. The van der Waals surface area contributed by atoms with Gasteiger partial charge in [-0.25, -0.2) is 4.79 Å². The van der Waals surface area contributed by atoms with Crippen molar-refractivity contribution >= 4 is 23.3 Å². The van der Waals surface area contributed by atoms with E-state index in [1.165, 1.54) is 31.2 Å². The van der Waals surface area contributed by atoms with Crippen molar-refractivity contribution < 1.29 is 22.7 Å². The molecular weight excluding hydrogens is 283 g/mol. The van der Waals surface area contributed by atoms with Crippen molar-refractivity contribution in [3.8, 4) is 0 Å². The minimum Gasteiger partial charge on any atom is -0.464 e. The van der Waals surface area contributed by atoms with Gasteiger partial charge in [-0.15, -0.1) is 0 Å². The molecule has 0 spiro atoms. The monoisotopic (exact) mass is 295 g/mol. The number of nitrogens with one attached hydrogen (secondary N) is 1. The van der Waals surface area contributed by atoms with E-state index in [0.717, 1.165) is 6.92 Å². The van der Waals surface area contributed by atoms with E-state index in [4.69, 9.17) is 11.6 Å². The van der Waals surface area contributed by atoms with E-state index in [0.29, 0.717) is 0 Å². The zero-order valence-electron chi connectivity index (χ0n) is 10.3. The Morgan fingerprint density at radius 3 is 2.53 bits per heavy atom. The Kier molecular flexibility index (Phi) is 4.68. The topological polar surface area (TPSA) is 38.3 Å². The molecule has 0 heterocycles. The van der Waals surface area contributed by atoms with Crippen LogP contribution in [0.5, 0.6) is 0 Å². The molecule has 3 nitrogen and oxygen atoms in total. The third-order valence-corrected chi connectivity index (χ3v) is 2.70. The molecule has 1 unspecified atom stereocenters. The summed E-state index contributed by atoms with van der Waals surface area (Å²) in [5.74, 6) is -1.39. The number of halogens is 4. The van der Waals surface area contributed by atoms with E-state index < -0.39 is 17.7 Å². The molecule has 1 rings (SSSR count). The lowest BCUT2D eigenvalue weighted by atomic mass is 10.0. The number of hydrogen-bond acceptors (Lipinski definition) is 3. The summed E-state index contributed by atoms with van der Waals surface area (Å²) in [6, 6.07) is 5.68. The largest absolute Gasteiger partial charge is 0.464 e. The van der Waals surface area contributed by atoms with E-state index >= 15 is 0 Å². The average molecular weight is 296 g/mol. The van der Waals surface area contributed by atoms with E-state index in [9.17, 15) is 18.0 Å². The van der Waals surface area contributed by atoms with Gasteiger partial charge in [0.05, 0.1) is 6.61 Å². The first-order valence-electron chi connectivity index (χ1n) is 5.48.